The van der Waals surface area contributed by atoms with E-state index in [0.717, 1.165) is 6.92 Å². The number of phosphoric ester groups is 5. The molecule has 4 fully saturated rings. The Morgan fingerprint density at radius 2 is 1.01 bits per heavy atom. The maximum atomic E-state index is 13.8. The van der Waals surface area contributed by atoms with E-state index < -0.39 is 286 Å². The first-order valence-electron chi connectivity index (χ1n) is 31.1. The summed E-state index contributed by atoms with van der Waals surface area (Å²) in [5.74, 6) is -2.36. The lowest BCUT2D eigenvalue weighted by Crippen LogP contribution is -2.64. The second kappa shape index (κ2) is 40.3. The lowest BCUT2D eigenvalue weighted by Gasteiger charge is -2.42. The highest BCUT2D eigenvalue weighted by atomic mass is 31.2. The van der Waals surface area contributed by atoms with Crippen LogP contribution in [-0.4, -0.2) is 307 Å². The molecule has 0 saturated carbocycles. The number of rotatable bonds is 46. The van der Waals surface area contributed by atoms with Crippen LogP contribution in [0.2, 0.25) is 0 Å². The fourth-order valence-electron chi connectivity index (χ4n) is 10.3. The number of aryl methyl sites for hydroxylation is 1. The topological polar surface area (TPSA) is 626 Å². The molecule has 0 radical (unpaired) electrons. The molecule has 50 heteroatoms. The number of aromatic nitrogens is 4. The fourth-order valence-corrected chi connectivity index (χ4v) is 13.9. The van der Waals surface area contributed by atoms with E-state index in [1.54, 1.807) is 6.92 Å². The molecule has 0 spiro atoms. The van der Waals surface area contributed by atoms with E-state index in [2.05, 4.69) is 20.3 Å². The summed E-state index contributed by atoms with van der Waals surface area (Å²) in [6.45, 7) is -4.86. The number of nitrogens with one attached hydrogen (secondary N) is 1. The highest BCUT2D eigenvalue weighted by Gasteiger charge is 2.48. The Bertz CT molecular complexity index is 3020. The van der Waals surface area contributed by atoms with Crippen LogP contribution in [0.1, 0.15) is 59.4 Å². The van der Waals surface area contributed by atoms with Gasteiger partial charge in [-0.25, -0.2) is 37.8 Å². The molecule has 15 N–H and O–H groups in total. The first kappa shape index (κ1) is 87.7. The van der Waals surface area contributed by atoms with Crippen molar-refractivity contribution in [1.82, 2.24) is 24.8 Å². The minimum atomic E-state index is -5.31. The molecule has 0 aliphatic carbocycles. The minimum Gasteiger partial charge on any atom is -0.394 e. The van der Waals surface area contributed by atoms with E-state index in [1.807, 2.05) is 0 Å². The average Bonchev–Trinajstić information content (AvgIpc) is 1.69. The van der Waals surface area contributed by atoms with Crippen molar-refractivity contribution in [2.24, 2.45) is 17.3 Å². The number of amides is 1. The van der Waals surface area contributed by atoms with Gasteiger partial charge < -0.3 is 123 Å². The highest BCUT2D eigenvalue weighted by molar-refractivity contribution is 7.48. The molecule has 1 amide bonds. The molecule has 4 aliphatic heterocycles. The van der Waals surface area contributed by atoms with Gasteiger partial charge in [0.2, 0.25) is 5.91 Å². The third kappa shape index (κ3) is 27.2. The monoisotopic (exact) mass is 1570 g/mol. The molecular formula is C51H92N5O40P5. The summed E-state index contributed by atoms with van der Waals surface area (Å²) in [5, 5.41) is 93.1. The number of aliphatic hydroxyl groups is 9. The molecule has 586 valence electrons. The molecule has 2 aromatic rings. The molecular weight excluding hydrogens is 1480 g/mol. The lowest BCUT2D eigenvalue weighted by molar-refractivity contribution is -0.283. The van der Waals surface area contributed by atoms with Crippen molar-refractivity contribution < 1.29 is 191 Å². The van der Waals surface area contributed by atoms with Gasteiger partial charge in [-0.1, -0.05) is 13.8 Å². The first-order valence-corrected chi connectivity index (χ1v) is 38.6. The van der Waals surface area contributed by atoms with Crippen molar-refractivity contribution in [1.29, 1.82) is 0 Å². The van der Waals surface area contributed by atoms with E-state index in [1.165, 1.54) is 44.9 Å². The summed E-state index contributed by atoms with van der Waals surface area (Å²) in [4.78, 5) is 78.1. The average molecular weight is 1570 g/mol. The van der Waals surface area contributed by atoms with Crippen molar-refractivity contribution in [3.63, 3.8) is 0 Å². The maximum absolute atomic E-state index is 13.8. The zero-order valence-corrected chi connectivity index (χ0v) is 59.9. The number of aliphatic hydroxyl groups excluding tert-OH is 9. The standard InChI is InChI=1S/C51H92N5O40P5/c1-28(2)95-101(75,76)96-33-15-38(56-24-54-39-31(5)52-23-53-47(39)56)91-37(33)19-87-97(67,68)83-8-7-51(20-77-25-88-98(69,70)84-12-9-80-48-29(3)41(61)43(63)34(16-57)92-48,21-78-26-89-99(71,72)85-13-10-81-49-30(4)42(62)44(64)35(17-58)93-49)22-79-27-90-100(73,74)86-14-11-82-50-40(55-32(6)60)46(66)45(65)36(18-59)94-50/h23-24,28-30,33-38,40-46,48-50,57-59,61-66H,7-22,25-27H2,1-6H3,(H,55,60)(H,67,68)(H,69,70)(H,71,72)(H,73,74)(H,75,76)/t29?,30?,33?,34?,35?,36?,37-,38-,40?,41-,42-,43+,44+,45+,46-,48-,49-,50-,51?/m1/s1. The van der Waals surface area contributed by atoms with Crippen LogP contribution in [0.3, 0.4) is 0 Å². The third-order valence-corrected chi connectivity index (χ3v) is 20.6. The van der Waals surface area contributed by atoms with Gasteiger partial charge in [-0.2, -0.15) is 0 Å². The van der Waals surface area contributed by atoms with Crippen molar-refractivity contribution >= 4 is 56.2 Å². The van der Waals surface area contributed by atoms with Crippen LogP contribution >= 0.6 is 39.1 Å². The first-order chi connectivity index (χ1) is 47.4. The number of fused-ring (bicyclic) bond motifs is 1. The van der Waals surface area contributed by atoms with Gasteiger partial charge >= 0.3 is 39.1 Å². The Balaban J connectivity index is 1.16. The van der Waals surface area contributed by atoms with Gasteiger partial charge in [0.15, 0.2) is 44.9 Å². The van der Waals surface area contributed by atoms with Gasteiger partial charge in [0.1, 0.15) is 79.0 Å². The van der Waals surface area contributed by atoms with Gasteiger partial charge in [0.05, 0.1) is 123 Å². The van der Waals surface area contributed by atoms with Gasteiger partial charge in [-0.3, -0.25) is 54.6 Å². The SMILES string of the molecule is CC(=O)NC1[C@H](OCCOP(=O)(O)OCOCC(CCOP(=O)(O)OC[C@H]2O[C@@H](n3cnc4c(C)ncnc43)CC2OP(=O)(O)OC(C)C)(COCOP(=O)(O)OCCO[C@@H]2OC(CO)[C@H](O)[C@H](O)C2C)COCOP(=O)(O)OCCO[C@@H]2OC(CO)[C@H](O)[C@H](O)C2C)OC(CO)[C@H](O)[C@@H]1O. The zero-order chi connectivity index (χ0) is 74.7. The van der Waals surface area contributed by atoms with Gasteiger partial charge in [-0.15, -0.1) is 0 Å². The predicted molar refractivity (Wildman–Crippen MR) is 328 cm³/mol. The Morgan fingerprint density at radius 3 is 1.47 bits per heavy atom. The largest absolute Gasteiger partial charge is 0.474 e. The van der Waals surface area contributed by atoms with E-state index in [9.17, 15) is 98.0 Å². The molecule has 23 atom stereocenters. The van der Waals surface area contributed by atoms with E-state index in [4.69, 9.17) is 92.6 Å². The smallest absolute Gasteiger partial charge is 0.394 e. The Morgan fingerprint density at radius 1 is 0.574 bits per heavy atom. The minimum absolute atomic E-state index is 0.197. The molecule has 6 heterocycles. The van der Waals surface area contributed by atoms with Crippen LogP contribution < -0.4 is 5.32 Å². The second-order valence-electron chi connectivity index (χ2n) is 23.6. The summed E-state index contributed by atoms with van der Waals surface area (Å²) >= 11 is 0. The number of nitrogens with zero attached hydrogens (tertiary/aromatic N) is 4. The van der Waals surface area contributed by atoms with Crippen LogP contribution in [0.5, 0.6) is 0 Å². The van der Waals surface area contributed by atoms with Crippen LogP contribution in [0.4, 0.5) is 0 Å². The van der Waals surface area contributed by atoms with E-state index in [-0.39, 0.29) is 12.1 Å². The number of imidazole rings is 1. The fraction of sp³-hybridized carbons (Fsp3) is 0.882. The normalized spacial score (nSPS) is 32.5. The summed E-state index contributed by atoms with van der Waals surface area (Å²) in [5.41, 5.74) is -0.743. The number of hydrogen-bond acceptors (Lipinski definition) is 38. The Hall–Kier alpha value is -2.19. The summed E-state index contributed by atoms with van der Waals surface area (Å²) < 4.78 is 175. The number of carbonyl (C=O) groups excluding carboxylic acids is 1. The number of ether oxygens (including phenoxy) is 10. The molecule has 6 rings (SSSR count). The van der Waals surface area contributed by atoms with Crippen molar-refractivity contribution in [3.05, 3.63) is 18.3 Å². The highest BCUT2D eigenvalue weighted by Crippen LogP contribution is 2.52. The lowest BCUT2D eigenvalue weighted by atomic mass is 9.87. The third-order valence-electron chi connectivity index (χ3n) is 15.5. The summed E-state index contributed by atoms with van der Waals surface area (Å²) in [6.07, 6.45) is -19.7. The Labute approximate surface area is 577 Å². The van der Waals surface area contributed by atoms with E-state index in [0.29, 0.717) is 11.2 Å². The number of phosphoric acid groups is 5. The molecule has 12 unspecified atom stereocenters. The number of carbonyl (C=O) groups is 1. The van der Waals surface area contributed by atoms with Crippen molar-refractivity contribution in [2.75, 3.05) is 113 Å². The molecule has 0 bridgehead atoms. The molecule has 0 aromatic carbocycles. The molecule has 2 aromatic heterocycles. The second-order valence-corrected chi connectivity index (χ2v) is 30.8. The molecule has 45 nitrogen and oxygen atoms in total. The maximum Gasteiger partial charge on any atom is 0.474 e. The predicted octanol–water partition coefficient (Wildman–Crippen LogP) is -2.69. The van der Waals surface area contributed by atoms with Crippen LogP contribution in [-0.2, 0) is 120 Å². The summed E-state index contributed by atoms with van der Waals surface area (Å²) in [7, 11) is -25.5. The number of hydrogen-bond donors (Lipinski definition) is 15. The van der Waals surface area contributed by atoms with E-state index >= 15 is 0 Å². The Kier molecular flexibility index (Phi) is 35.0. The van der Waals surface area contributed by atoms with Gasteiger partial charge in [0, 0.05) is 30.6 Å². The molecule has 101 heavy (non-hydrogen) atoms. The zero-order valence-electron chi connectivity index (χ0n) is 55.5. The molecule has 4 saturated heterocycles. The molecule has 4 aliphatic rings. The van der Waals surface area contributed by atoms with Crippen LogP contribution in [0.15, 0.2) is 12.7 Å². The van der Waals surface area contributed by atoms with Crippen LogP contribution in [0.25, 0.3) is 11.2 Å². The quantitative estimate of drug-likeness (QED) is 0.0182. The van der Waals surface area contributed by atoms with Gasteiger partial charge in [-0.05, 0) is 27.2 Å². The summed E-state index contributed by atoms with van der Waals surface area (Å²) in [6, 6.07) is -1.39. The van der Waals surface area contributed by atoms with Crippen LogP contribution in [0, 0.1) is 24.2 Å². The van der Waals surface area contributed by atoms with Crippen molar-refractivity contribution in [3.8, 4) is 0 Å². The van der Waals surface area contributed by atoms with Gasteiger partial charge in [0.25, 0.3) is 0 Å². The van der Waals surface area contributed by atoms with Crippen molar-refractivity contribution in [2.45, 2.75) is 159 Å².